The van der Waals surface area contributed by atoms with Crippen molar-refractivity contribution in [2.24, 2.45) is 0 Å². The average molecular weight is 281 g/mol. The third-order valence-corrected chi connectivity index (χ3v) is 2.51. The minimum atomic E-state index is 0.615. The van der Waals surface area contributed by atoms with E-state index in [1.165, 1.54) is 14.7 Å². The Morgan fingerprint density at radius 2 is 1.91 bits per heavy atom. The highest BCUT2D eigenvalue weighted by Gasteiger charge is 1.95. The van der Waals surface area contributed by atoms with Gasteiger partial charge in [0.05, 0.1) is 0 Å². The molecule has 0 saturated heterocycles. The fourth-order valence-electron chi connectivity index (χ4n) is 0.999. The molecule has 0 aliphatic rings. The van der Waals surface area contributed by atoms with Crippen LogP contribution in [-0.2, 0) is 12.3 Å². The maximum absolute atomic E-state index is 5.72. The molecule has 0 N–H and O–H groups in total. The molecule has 11 heavy (non-hydrogen) atoms. The van der Waals surface area contributed by atoms with E-state index < -0.39 is 0 Å². The third-order valence-electron chi connectivity index (χ3n) is 1.58. The van der Waals surface area contributed by atoms with Crippen molar-refractivity contribution in [2.75, 3.05) is 0 Å². The molecule has 0 saturated carbocycles. The molecule has 60 valence electrons. The van der Waals surface area contributed by atoms with E-state index in [-0.39, 0.29) is 0 Å². The summed E-state index contributed by atoms with van der Waals surface area (Å²) in [5, 5.41) is 0. The van der Waals surface area contributed by atoms with E-state index in [1.807, 2.05) is 0 Å². The normalized spacial score (nSPS) is 10.1. The molecule has 0 fully saturated rings. The Hall–Kier alpha value is 0.240. The van der Waals surface area contributed by atoms with E-state index in [1.54, 1.807) is 0 Å². The zero-order valence-corrected chi connectivity index (χ0v) is 9.32. The maximum atomic E-state index is 5.72. The van der Waals surface area contributed by atoms with Gasteiger partial charge in [0.2, 0.25) is 0 Å². The molecule has 0 spiro atoms. The van der Waals surface area contributed by atoms with Crippen molar-refractivity contribution in [1.82, 2.24) is 0 Å². The molecule has 0 radical (unpaired) electrons. The van der Waals surface area contributed by atoms with Gasteiger partial charge in [0, 0.05) is 9.45 Å². The zero-order chi connectivity index (χ0) is 8.27. The monoisotopic (exact) mass is 280 g/mol. The van der Waals surface area contributed by atoms with Gasteiger partial charge in [-0.3, -0.25) is 0 Å². The van der Waals surface area contributed by atoms with Crippen molar-refractivity contribution in [3.63, 3.8) is 0 Å². The van der Waals surface area contributed by atoms with Gasteiger partial charge in [-0.15, -0.1) is 11.6 Å². The molecular weight excluding hydrogens is 270 g/mol. The van der Waals surface area contributed by atoms with Crippen LogP contribution in [0.3, 0.4) is 0 Å². The highest BCUT2D eigenvalue weighted by atomic mass is 127. The standard InChI is InChI=1S/C9H10ClI/c1-2-7-3-8(6-10)5-9(11)4-7/h3-5H,2,6H2,1H3. The Morgan fingerprint density at radius 1 is 1.27 bits per heavy atom. The van der Waals surface area contributed by atoms with Crippen LogP contribution >= 0.6 is 34.2 Å². The minimum Gasteiger partial charge on any atom is -0.122 e. The quantitative estimate of drug-likeness (QED) is 0.574. The lowest BCUT2D eigenvalue weighted by Crippen LogP contribution is -1.86. The van der Waals surface area contributed by atoms with Crippen molar-refractivity contribution in [3.8, 4) is 0 Å². The summed E-state index contributed by atoms with van der Waals surface area (Å²) in [4.78, 5) is 0. The van der Waals surface area contributed by atoms with Gasteiger partial charge >= 0.3 is 0 Å². The first-order chi connectivity index (χ1) is 5.26. The molecule has 0 heterocycles. The van der Waals surface area contributed by atoms with E-state index in [0.717, 1.165) is 6.42 Å². The van der Waals surface area contributed by atoms with Crippen LogP contribution < -0.4 is 0 Å². The summed E-state index contributed by atoms with van der Waals surface area (Å²) in [7, 11) is 0. The molecule has 0 aliphatic carbocycles. The van der Waals surface area contributed by atoms with Gasteiger partial charge in [-0.2, -0.15) is 0 Å². The number of hydrogen-bond donors (Lipinski definition) is 0. The molecule has 0 aromatic heterocycles. The molecule has 0 atom stereocenters. The molecule has 1 aromatic carbocycles. The van der Waals surface area contributed by atoms with E-state index in [0.29, 0.717) is 5.88 Å². The third kappa shape index (κ3) is 2.64. The van der Waals surface area contributed by atoms with Gasteiger partial charge in [-0.25, -0.2) is 0 Å². The SMILES string of the molecule is CCc1cc(I)cc(CCl)c1. The molecule has 0 unspecified atom stereocenters. The van der Waals surface area contributed by atoms with Crippen molar-refractivity contribution < 1.29 is 0 Å². The molecular formula is C9H10ClI. The summed E-state index contributed by atoms with van der Waals surface area (Å²) in [5.41, 5.74) is 2.59. The number of rotatable bonds is 2. The van der Waals surface area contributed by atoms with Gasteiger partial charge in [0.1, 0.15) is 0 Å². The lowest BCUT2D eigenvalue weighted by Gasteiger charge is -2.01. The number of aryl methyl sites for hydroxylation is 1. The van der Waals surface area contributed by atoms with Crippen LogP contribution in [0.25, 0.3) is 0 Å². The van der Waals surface area contributed by atoms with E-state index in [2.05, 4.69) is 47.7 Å². The van der Waals surface area contributed by atoms with Crippen molar-refractivity contribution in [3.05, 3.63) is 32.9 Å². The van der Waals surface area contributed by atoms with Crippen LogP contribution in [0.15, 0.2) is 18.2 Å². The molecule has 2 heteroatoms. The first-order valence-electron chi connectivity index (χ1n) is 3.60. The van der Waals surface area contributed by atoms with Crippen LogP contribution in [0.5, 0.6) is 0 Å². The smallest absolute Gasteiger partial charge is 0.0474 e. The van der Waals surface area contributed by atoms with E-state index in [9.17, 15) is 0 Å². The summed E-state index contributed by atoms with van der Waals surface area (Å²) >= 11 is 8.04. The lowest BCUT2D eigenvalue weighted by molar-refractivity contribution is 1.12. The zero-order valence-electron chi connectivity index (χ0n) is 6.40. The summed E-state index contributed by atoms with van der Waals surface area (Å²) in [6, 6.07) is 6.47. The Bertz CT molecular complexity index is 223. The fourth-order valence-corrected chi connectivity index (χ4v) is 1.95. The number of alkyl halides is 1. The van der Waals surface area contributed by atoms with Crippen LogP contribution in [0, 0.1) is 3.57 Å². The Kier molecular flexibility index (Phi) is 3.66. The Balaban J connectivity index is 3.02. The second kappa shape index (κ2) is 4.31. The largest absolute Gasteiger partial charge is 0.122 e. The van der Waals surface area contributed by atoms with Crippen LogP contribution in [-0.4, -0.2) is 0 Å². The van der Waals surface area contributed by atoms with Gasteiger partial charge < -0.3 is 0 Å². The number of benzene rings is 1. The van der Waals surface area contributed by atoms with Gasteiger partial charge in [-0.05, 0) is 52.3 Å². The van der Waals surface area contributed by atoms with E-state index >= 15 is 0 Å². The van der Waals surface area contributed by atoms with Gasteiger partial charge in [0.15, 0.2) is 0 Å². The molecule has 0 amide bonds. The number of halogens is 2. The summed E-state index contributed by atoms with van der Waals surface area (Å²) < 4.78 is 1.28. The lowest BCUT2D eigenvalue weighted by atomic mass is 10.1. The van der Waals surface area contributed by atoms with Crippen molar-refractivity contribution in [1.29, 1.82) is 0 Å². The summed E-state index contributed by atoms with van der Waals surface area (Å²) in [6.07, 6.45) is 1.08. The Morgan fingerprint density at radius 3 is 2.45 bits per heavy atom. The average Bonchev–Trinajstić information content (AvgIpc) is 2.03. The van der Waals surface area contributed by atoms with Crippen LogP contribution in [0.1, 0.15) is 18.1 Å². The molecule has 0 bridgehead atoms. The number of hydrogen-bond acceptors (Lipinski definition) is 0. The van der Waals surface area contributed by atoms with Crippen molar-refractivity contribution >= 4 is 34.2 Å². The minimum absolute atomic E-state index is 0.615. The van der Waals surface area contributed by atoms with Crippen molar-refractivity contribution in [2.45, 2.75) is 19.2 Å². The van der Waals surface area contributed by atoms with Gasteiger partial charge in [0.25, 0.3) is 0 Å². The second-order valence-electron chi connectivity index (χ2n) is 2.45. The second-order valence-corrected chi connectivity index (χ2v) is 3.97. The van der Waals surface area contributed by atoms with Crippen LogP contribution in [0.4, 0.5) is 0 Å². The predicted molar refractivity (Wildman–Crippen MR) is 58.1 cm³/mol. The van der Waals surface area contributed by atoms with E-state index in [4.69, 9.17) is 11.6 Å². The highest BCUT2D eigenvalue weighted by molar-refractivity contribution is 14.1. The first-order valence-corrected chi connectivity index (χ1v) is 5.22. The highest BCUT2D eigenvalue weighted by Crippen LogP contribution is 2.14. The Labute approximate surface area is 86.1 Å². The first kappa shape index (κ1) is 9.33. The maximum Gasteiger partial charge on any atom is 0.0474 e. The molecule has 1 aromatic rings. The van der Waals surface area contributed by atoms with Crippen LogP contribution in [0.2, 0.25) is 0 Å². The molecule has 0 aliphatic heterocycles. The summed E-state index contributed by atoms with van der Waals surface area (Å²) in [6.45, 7) is 2.16. The summed E-state index contributed by atoms with van der Waals surface area (Å²) in [5.74, 6) is 0.615. The van der Waals surface area contributed by atoms with Gasteiger partial charge in [-0.1, -0.05) is 13.0 Å². The molecule has 1 rings (SSSR count). The molecule has 0 nitrogen and oxygen atoms in total. The predicted octanol–water partition coefficient (Wildman–Crippen LogP) is 3.59. The topological polar surface area (TPSA) is 0 Å². The fraction of sp³-hybridized carbons (Fsp3) is 0.333.